The van der Waals surface area contributed by atoms with Gasteiger partial charge in [0.15, 0.2) is 0 Å². The van der Waals surface area contributed by atoms with Crippen LogP contribution in [0.5, 0.6) is 0 Å². The van der Waals surface area contributed by atoms with Crippen LogP contribution in [0.25, 0.3) is 0 Å². The molecule has 1 unspecified atom stereocenters. The minimum atomic E-state index is -0.891. The van der Waals surface area contributed by atoms with Gasteiger partial charge in [0, 0.05) is 12.1 Å². The van der Waals surface area contributed by atoms with E-state index in [0.29, 0.717) is 24.2 Å². The number of anilines is 1. The number of carboxylic acids is 1. The average Bonchev–Trinajstić information content (AvgIpc) is 2.35. The van der Waals surface area contributed by atoms with Gasteiger partial charge in [0.25, 0.3) is 0 Å². The van der Waals surface area contributed by atoms with Gasteiger partial charge in [0.2, 0.25) is 5.91 Å². The number of carbonyl (C=O) groups excluding carboxylic acids is 1. The molecule has 0 spiro atoms. The molecule has 19 heavy (non-hydrogen) atoms. The molecule has 0 aliphatic rings. The van der Waals surface area contributed by atoms with Gasteiger partial charge in [0.1, 0.15) is 0 Å². The van der Waals surface area contributed by atoms with Gasteiger partial charge < -0.3 is 16.2 Å². The average molecular weight is 264 g/mol. The van der Waals surface area contributed by atoms with Crippen LogP contribution in [-0.4, -0.2) is 23.5 Å². The summed E-state index contributed by atoms with van der Waals surface area (Å²) in [5, 5.41) is 11.5. The van der Waals surface area contributed by atoms with Gasteiger partial charge in [-0.05, 0) is 30.2 Å². The smallest absolute Gasteiger partial charge is 0.307 e. The van der Waals surface area contributed by atoms with Crippen LogP contribution < -0.4 is 11.1 Å². The summed E-state index contributed by atoms with van der Waals surface area (Å²) >= 11 is 0. The summed E-state index contributed by atoms with van der Waals surface area (Å²) in [6, 6.07) is 6.87. The highest BCUT2D eigenvalue weighted by atomic mass is 16.4. The number of aliphatic carboxylic acids is 1. The van der Waals surface area contributed by atoms with E-state index in [2.05, 4.69) is 5.32 Å². The number of rotatable bonds is 7. The van der Waals surface area contributed by atoms with Crippen LogP contribution in [-0.2, 0) is 16.0 Å². The van der Waals surface area contributed by atoms with Crippen molar-refractivity contribution in [2.24, 2.45) is 11.7 Å². The van der Waals surface area contributed by atoms with E-state index in [4.69, 9.17) is 10.8 Å². The third-order valence-corrected chi connectivity index (χ3v) is 2.95. The molecule has 0 heterocycles. The van der Waals surface area contributed by atoms with E-state index in [-0.39, 0.29) is 18.2 Å². The number of carbonyl (C=O) groups is 2. The molecular formula is C14H20N2O3. The Bertz CT molecular complexity index is 442. The molecule has 0 radical (unpaired) electrons. The highest BCUT2D eigenvalue weighted by Gasteiger charge is 2.11. The first kappa shape index (κ1) is 15.2. The van der Waals surface area contributed by atoms with Crippen LogP contribution in [0.1, 0.15) is 25.3 Å². The maximum atomic E-state index is 11.8. The SMILES string of the molecule is CCC(CN)CC(=O)Nc1cccc(CC(=O)O)c1. The molecule has 5 nitrogen and oxygen atoms in total. The summed E-state index contributed by atoms with van der Waals surface area (Å²) in [6.07, 6.45) is 1.20. The predicted molar refractivity (Wildman–Crippen MR) is 73.9 cm³/mol. The second-order valence-electron chi connectivity index (χ2n) is 4.53. The lowest BCUT2D eigenvalue weighted by atomic mass is 10.0. The van der Waals surface area contributed by atoms with E-state index in [0.717, 1.165) is 6.42 Å². The van der Waals surface area contributed by atoms with E-state index < -0.39 is 5.97 Å². The van der Waals surface area contributed by atoms with Crippen LogP contribution in [0.4, 0.5) is 5.69 Å². The third-order valence-electron chi connectivity index (χ3n) is 2.95. The van der Waals surface area contributed by atoms with Gasteiger partial charge >= 0.3 is 5.97 Å². The Hall–Kier alpha value is -1.88. The molecule has 0 saturated carbocycles. The Morgan fingerprint density at radius 3 is 2.74 bits per heavy atom. The first-order chi connectivity index (χ1) is 9.05. The first-order valence-electron chi connectivity index (χ1n) is 6.35. The summed E-state index contributed by atoms with van der Waals surface area (Å²) in [4.78, 5) is 22.4. The fourth-order valence-corrected chi connectivity index (χ4v) is 1.80. The summed E-state index contributed by atoms with van der Waals surface area (Å²) < 4.78 is 0. The Morgan fingerprint density at radius 1 is 1.42 bits per heavy atom. The maximum Gasteiger partial charge on any atom is 0.307 e. The molecule has 1 aromatic carbocycles. The molecule has 0 fully saturated rings. The van der Waals surface area contributed by atoms with Crippen LogP contribution in [0.15, 0.2) is 24.3 Å². The molecule has 4 N–H and O–H groups in total. The minimum absolute atomic E-state index is 0.0515. The molecule has 1 amide bonds. The monoisotopic (exact) mass is 264 g/mol. The van der Waals surface area contributed by atoms with Crippen molar-refractivity contribution in [2.45, 2.75) is 26.2 Å². The number of nitrogens with one attached hydrogen (secondary N) is 1. The number of hydrogen-bond donors (Lipinski definition) is 3. The maximum absolute atomic E-state index is 11.8. The normalized spacial score (nSPS) is 11.9. The third kappa shape index (κ3) is 5.52. The van der Waals surface area contributed by atoms with Crippen molar-refractivity contribution in [1.82, 2.24) is 0 Å². The van der Waals surface area contributed by atoms with Gasteiger partial charge in [-0.25, -0.2) is 0 Å². The predicted octanol–water partition coefficient (Wildman–Crippen LogP) is 1.63. The van der Waals surface area contributed by atoms with E-state index in [1.807, 2.05) is 6.92 Å². The Labute approximate surface area is 112 Å². The fourth-order valence-electron chi connectivity index (χ4n) is 1.80. The molecule has 5 heteroatoms. The number of benzene rings is 1. The lowest BCUT2D eigenvalue weighted by Gasteiger charge is -2.12. The molecule has 0 aliphatic heterocycles. The van der Waals surface area contributed by atoms with Crippen molar-refractivity contribution in [3.05, 3.63) is 29.8 Å². The van der Waals surface area contributed by atoms with Crippen LogP contribution in [0, 0.1) is 5.92 Å². The van der Waals surface area contributed by atoms with Gasteiger partial charge in [-0.15, -0.1) is 0 Å². The molecule has 0 aliphatic carbocycles. The topological polar surface area (TPSA) is 92.4 Å². The summed E-state index contributed by atoms with van der Waals surface area (Å²) in [7, 11) is 0. The second-order valence-corrected chi connectivity index (χ2v) is 4.53. The van der Waals surface area contributed by atoms with E-state index in [1.54, 1.807) is 24.3 Å². The number of carboxylic acid groups (broad SMARTS) is 1. The number of amides is 1. The highest BCUT2D eigenvalue weighted by Crippen LogP contribution is 2.13. The molecule has 1 aromatic rings. The van der Waals surface area contributed by atoms with Gasteiger partial charge in [-0.2, -0.15) is 0 Å². The zero-order valence-electron chi connectivity index (χ0n) is 11.1. The molecule has 104 valence electrons. The Balaban J connectivity index is 2.61. The van der Waals surface area contributed by atoms with E-state index in [1.165, 1.54) is 0 Å². The van der Waals surface area contributed by atoms with Crippen molar-refractivity contribution in [3.8, 4) is 0 Å². The second kappa shape index (κ2) is 7.53. The highest BCUT2D eigenvalue weighted by molar-refractivity contribution is 5.91. The molecule has 1 rings (SSSR count). The fraction of sp³-hybridized carbons (Fsp3) is 0.429. The zero-order chi connectivity index (χ0) is 14.3. The Morgan fingerprint density at radius 2 is 2.16 bits per heavy atom. The lowest BCUT2D eigenvalue weighted by molar-refractivity contribution is -0.136. The van der Waals surface area contributed by atoms with Gasteiger partial charge in [0.05, 0.1) is 6.42 Å². The number of hydrogen-bond acceptors (Lipinski definition) is 3. The van der Waals surface area contributed by atoms with Crippen LogP contribution in [0.3, 0.4) is 0 Å². The quantitative estimate of drug-likeness (QED) is 0.697. The van der Waals surface area contributed by atoms with Crippen molar-refractivity contribution in [1.29, 1.82) is 0 Å². The largest absolute Gasteiger partial charge is 0.481 e. The van der Waals surface area contributed by atoms with Crippen molar-refractivity contribution < 1.29 is 14.7 Å². The van der Waals surface area contributed by atoms with Crippen LogP contribution in [0.2, 0.25) is 0 Å². The molecule has 0 bridgehead atoms. The summed E-state index contributed by atoms with van der Waals surface area (Å²) in [5.74, 6) is -0.801. The summed E-state index contributed by atoms with van der Waals surface area (Å²) in [6.45, 7) is 2.49. The minimum Gasteiger partial charge on any atom is -0.481 e. The molecule has 0 aromatic heterocycles. The standard InChI is InChI=1S/C14H20N2O3/c1-2-10(9-15)7-13(17)16-12-5-3-4-11(6-12)8-14(18)19/h3-6,10H,2,7-9,15H2,1H3,(H,16,17)(H,18,19). The lowest BCUT2D eigenvalue weighted by Crippen LogP contribution is -2.21. The Kier molecular flexibility index (Phi) is 6.02. The number of nitrogens with two attached hydrogens (primary N) is 1. The van der Waals surface area contributed by atoms with Crippen molar-refractivity contribution in [2.75, 3.05) is 11.9 Å². The van der Waals surface area contributed by atoms with E-state index >= 15 is 0 Å². The zero-order valence-corrected chi connectivity index (χ0v) is 11.1. The first-order valence-corrected chi connectivity index (χ1v) is 6.35. The van der Waals surface area contributed by atoms with Gasteiger partial charge in [-0.3, -0.25) is 9.59 Å². The summed E-state index contributed by atoms with van der Waals surface area (Å²) in [5.41, 5.74) is 6.84. The van der Waals surface area contributed by atoms with Gasteiger partial charge in [-0.1, -0.05) is 25.5 Å². The van der Waals surface area contributed by atoms with Crippen LogP contribution >= 0.6 is 0 Å². The van der Waals surface area contributed by atoms with Crippen molar-refractivity contribution >= 4 is 17.6 Å². The van der Waals surface area contributed by atoms with Crippen molar-refractivity contribution in [3.63, 3.8) is 0 Å². The molecule has 1 atom stereocenters. The molecular weight excluding hydrogens is 244 g/mol. The molecule has 0 saturated heterocycles. The van der Waals surface area contributed by atoms with E-state index in [9.17, 15) is 9.59 Å².